The lowest BCUT2D eigenvalue weighted by Crippen LogP contribution is -2.45. The molecule has 0 bridgehead atoms. The Hall–Kier alpha value is -0.970. The summed E-state index contributed by atoms with van der Waals surface area (Å²) in [4.78, 5) is 11.3. The third-order valence-electron chi connectivity index (χ3n) is 2.44. The van der Waals surface area contributed by atoms with Gasteiger partial charge in [-0.3, -0.25) is 0 Å². The van der Waals surface area contributed by atoms with E-state index in [9.17, 15) is 13.6 Å². The number of carboxylic acids is 1. The van der Waals surface area contributed by atoms with Crippen LogP contribution in [0.1, 0.15) is 25.7 Å². The van der Waals surface area contributed by atoms with Gasteiger partial charge in [-0.2, -0.15) is 8.78 Å². The maximum absolute atomic E-state index is 13.2. The first-order valence-electron chi connectivity index (χ1n) is 5.05. The highest BCUT2D eigenvalue weighted by molar-refractivity contribution is 5.79. The predicted octanol–water partition coefficient (Wildman–Crippen LogP) is 2.10. The summed E-state index contributed by atoms with van der Waals surface area (Å²) in [5.74, 6) is -1.04. The van der Waals surface area contributed by atoms with Crippen LogP contribution >= 0.6 is 0 Å². The van der Waals surface area contributed by atoms with Gasteiger partial charge in [0, 0.05) is 25.6 Å². The minimum Gasteiger partial charge on any atom is -0.478 e. The highest BCUT2D eigenvalue weighted by Crippen LogP contribution is 2.30. The Balaban J connectivity index is 2.33. The molecule has 0 unspecified atom stereocenters. The molecule has 0 aliphatic carbocycles. The van der Waals surface area contributed by atoms with Crippen LogP contribution in [-0.4, -0.2) is 35.1 Å². The first-order chi connectivity index (χ1) is 7.02. The molecule has 1 heterocycles. The maximum atomic E-state index is 13.2. The summed E-state index contributed by atoms with van der Waals surface area (Å²) in [6.45, 7) is 0.616. The zero-order valence-corrected chi connectivity index (χ0v) is 8.46. The molecule has 1 aliphatic heterocycles. The number of halogens is 2. The van der Waals surface area contributed by atoms with E-state index in [1.54, 1.807) is 0 Å². The van der Waals surface area contributed by atoms with Crippen molar-refractivity contribution in [2.75, 3.05) is 13.1 Å². The Morgan fingerprint density at radius 3 is 2.80 bits per heavy atom. The molecule has 0 spiro atoms. The second-order valence-electron chi connectivity index (χ2n) is 3.64. The number of rotatable bonds is 4. The first kappa shape index (κ1) is 12.1. The van der Waals surface area contributed by atoms with E-state index in [4.69, 9.17) is 5.11 Å². The van der Waals surface area contributed by atoms with Gasteiger partial charge in [0.25, 0.3) is 0 Å². The van der Waals surface area contributed by atoms with Gasteiger partial charge < -0.3 is 5.11 Å². The van der Waals surface area contributed by atoms with E-state index in [1.165, 1.54) is 6.08 Å². The van der Waals surface area contributed by atoms with E-state index in [-0.39, 0.29) is 13.0 Å². The lowest BCUT2D eigenvalue weighted by Gasteiger charge is -2.34. The predicted molar refractivity (Wildman–Crippen MR) is 51.8 cm³/mol. The number of nitrogens with zero attached hydrogens (tertiary/aromatic N) is 1. The standard InChI is InChI=1S/C10H15F2NO2/c11-10(12)6-2-4-8-13(10)7-3-1-5-9(14)15/h1,5H,2-4,6-8H2,(H,14,15)/b5-1+. The topological polar surface area (TPSA) is 40.5 Å². The van der Waals surface area contributed by atoms with Crippen LogP contribution in [0.15, 0.2) is 12.2 Å². The summed E-state index contributed by atoms with van der Waals surface area (Å²) in [5.41, 5.74) is 0. The molecule has 1 aliphatic rings. The van der Waals surface area contributed by atoms with Crippen molar-refractivity contribution >= 4 is 5.97 Å². The van der Waals surface area contributed by atoms with Gasteiger partial charge in [-0.1, -0.05) is 6.08 Å². The highest BCUT2D eigenvalue weighted by Gasteiger charge is 2.38. The average Bonchev–Trinajstić information content (AvgIpc) is 2.13. The molecule has 0 saturated carbocycles. The number of hydrogen-bond acceptors (Lipinski definition) is 2. The van der Waals surface area contributed by atoms with Gasteiger partial charge in [0.1, 0.15) is 0 Å². The summed E-state index contributed by atoms with van der Waals surface area (Å²) < 4.78 is 26.5. The van der Waals surface area contributed by atoms with Crippen molar-refractivity contribution in [1.29, 1.82) is 0 Å². The molecule has 1 rings (SSSR count). The lowest BCUT2D eigenvalue weighted by molar-refractivity contribution is -0.166. The van der Waals surface area contributed by atoms with Gasteiger partial charge in [-0.05, 0) is 19.3 Å². The largest absolute Gasteiger partial charge is 0.478 e. The zero-order valence-electron chi connectivity index (χ0n) is 8.46. The minimum atomic E-state index is -2.71. The van der Waals surface area contributed by atoms with Gasteiger partial charge in [0.05, 0.1) is 0 Å². The smallest absolute Gasteiger partial charge is 0.327 e. The molecule has 3 nitrogen and oxygen atoms in total. The van der Waals surface area contributed by atoms with Crippen LogP contribution in [0.25, 0.3) is 0 Å². The van der Waals surface area contributed by atoms with E-state index < -0.39 is 12.0 Å². The van der Waals surface area contributed by atoms with Crippen molar-refractivity contribution < 1.29 is 18.7 Å². The number of likely N-dealkylation sites (tertiary alicyclic amines) is 1. The van der Waals surface area contributed by atoms with Crippen molar-refractivity contribution in [3.63, 3.8) is 0 Å². The Kier molecular flexibility index (Phi) is 4.20. The summed E-state index contributed by atoms with van der Waals surface area (Å²) in [6, 6.07) is -2.71. The van der Waals surface area contributed by atoms with Crippen LogP contribution in [0.2, 0.25) is 0 Å². The molecular weight excluding hydrogens is 204 g/mol. The molecule has 1 saturated heterocycles. The second-order valence-corrected chi connectivity index (χ2v) is 3.64. The molecule has 0 aromatic rings. The number of carbonyl (C=O) groups is 1. The van der Waals surface area contributed by atoms with E-state index >= 15 is 0 Å². The van der Waals surface area contributed by atoms with Crippen molar-refractivity contribution in [2.24, 2.45) is 0 Å². The molecule has 1 fully saturated rings. The summed E-state index contributed by atoms with van der Waals surface area (Å²) >= 11 is 0. The van der Waals surface area contributed by atoms with Gasteiger partial charge in [0.15, 0.2) is 0 Å². The van der Waals surface area contributed by atoms with Crippen molar-refractivity contribution in [1.82, 2.24) is 4.90 Å². The fourth-order valence-corrected chi connectivity index (χ4v) is 1.65. The number of carboxylic acid groups (broad SMARTS) is 1. The molecule has 0 atom stereocenters. The van der Waals surface area contributed by atoms with Crippen LogP contribution in [0.5, 0.6) is 0 Å². The Morgan fingerprint density at radius 2 is 2.20 bits per heavy atom. The third kappa shape index (κ3) is 3.95. The van der Waals surface area contributed by atoms with Crippen molar-refractivity contribution in [3.05, 3.63) is 12.2 Å². The monoisotopic (exact) mass is 219 g/mol. The SMILES string of the molecule is O=C(O)/C=C/CCN1CCCCC1(F)F. The van der Waals surface area contributed by atoms with E-state index in [0.29, 0.717) is 19.4 Å². The zero-order chi connectivity index (χ0) is 11.3. The van der Waals surface area contributed by atoms with E-state index in [1.807, 2.05) is 0 Å². The third-order valence-corrected chi connectivity index (χ3v) is 2.44. The molecule has 0 radical (unpaired) electrons. The normalized spacial score (nSPS) is 22.0. The van der Waals surface area contributed by atoms with Crippen LogP contribution in [-0.2, 0) is 4.79 Å². The van der Waals surface area contributed by atoms with Crippen LogP contribution in [0, 0.1) is 0 Å². The molecule has 15 heavy (non-hydrogen) atoms. The fourth-order valence-electron chi connectivity index (χ4n) is 1.65. The Labute approximate surface area is 87.4 Å². The molecular formula is C10H15F2NO2. The van der Waals surface area contributed by atoms with Crippen LogP contribution < -0.4 is 0 Å². The summed E-state index contributed by atoms with van der Waals surface area (Å²) in [5, 5.41) is 8.30. The molecule has 0 aromatic heterocycles. The lowest BCUT2D eigenvalue weighted by atomic mass is 10.1. The Morgan fingerprint density at radius 1 is 1.47 bits per heavy atom. The molecule has 5 heteroatoms. The van der Waals surface area contributed by atoms with E-state index in [0.717, 1.165) is 17.4 Å². The number of alkyl halides is 2. The molecule has 0 amide bonds. The van der Waals surface area contributed by atoms with Gasteiger partial charge in [-0.25, -0.2) is 9.69 Å². The van der Waals surface area contributed by atoms with Crippen LogP contribution in [0.4, 0.5) is 8.78 Å². The second kappa shape index (κ2) is 5.21. The molecule has 86 valence electrons. The van der Waals surface area contributed by atoms with Gasteiger partial charge in [-0.15, -0.1) is 0 Å². The maximum Gasteiger partial charge on any atom is 0.327 e. The van der Waals surface area contributed by atoms with E-state index in [2.05, 4.69) is 0 Å². The van der Waals surface area contributed by atoms with Gasteiger partial charge >= 0.3 is 12.0 Å². The number of piperidine rings is 1. The average molecular weight is 219 g/mol. The number of hydrogen-bond donors (Lipinski definition) is 1. The first-order valence-corrected chi connectivity index (χ1v) is 5.05. The Bertz CT molecular complexity index is 254. The fraction of sp³-hybridized carbons (Fsp3) is 0.700. The summed E-state index contributed by atoms with van der Waals surface area (Å²) in [6.07, 6.45) is 4.01. The van der Waals surface area contributed by atoms with Crippen molar-refractivity contribution in [2.45, 2.75) is 31.7 Å². The molecule has 1 N–H and O–H groups in total. The highest BCUT2D eigenvalue weighted by atomic mass is 19.3. The van der Waals surface area contributed by atoms with Gasteiger partial charge in [0.2, 0.25) is 0 Å². The van der Waals surface area contributed by atoms with Crippen molar-refractivity contribution in [3.8, 4) is 0 Å². The molecule has 0 aromatic carbocycles. The quantitative estimate of drug-likeness (QED) is 0.581. The summed E-state index contributed by atoms with van der Waals surface area (Å²) in [7, 11) is 0. The number of aliphatic carboxylic acids is 1. The van der Waals surface area contributed by atoms with Crippen LogP contribution in [0.3, 0.4) is 0 Å². The minimum absolute atomic E-state index is 0.0877.